The Bertz CT molecular complexity index is 476. The molecule has 0 bridgehead atoms. The Kier molecular flexibility index (Phi) is 5.13. The number of amides is 1. The van der Waals surface area contributed by atoms with Crippen LogP contribution < -0.4 is 11.1 Å². The molecular formula is C14H19Cl2N3O. The third kappa shape index (κ3) is 4.01. The van der Waals surface area contributed by atoms with Crippen LogP contribution in [0.15, 0.2) is 12.1 Å². The number of halogens is 2. The van der Waals surface area contributed by atoms with Gasteiger partial charge in [0.2, 0.25) is 5.91 Å². The first kappa shape index (κ1) is 15.4. The van der Waals surface area contributed by atoms with Gasteiger partial charge in [-0.05, 0) is 44.0 Å². The van der Waals surface area contributed by atoms with Gasteiger partial charge >= 0.3 is 0 Å². The van der Waals surface area contributed by atoms with E-state index < -0.39 is 0 Å². The van der Waals surface area contributed by atoms with Crippen molar-refractivity contribution in [3.05, 3.63) is 22.2 Å². The minimum Gasteiger partial charge on any atom is -0.399 e. The number of nitrogens with two attached hydrogens (primary N) is 1. The predicted molar refractivity (Wildman–Crippen MR) is 84.3 cm³/mol. The summed E-state index contributed by atoms with van der Waals surface area (Å²) >= 11 is 12.1. The van der Waals surface area contributed by atoms with Crippen LogP contribution in [0.5, 0.6) is 0 Å². The first-order valence-corrected chi connectivity index (χ1v) is 7.48. The van der Waals surface area contributed by atoms with E-state index in [4.69, 9.17) is 28.9 Å². The Labute approximate surface area is 129 Å². The van der Waals surface area contributed by atoms with Crippen molar-refractivity contribution in [2.45, 2.75) is 19.8 Å². The van der Waals surface area contributed by atoms with Gasteiger partial charge < -0.3 is 11.1 Å². The summed E-state index contributed by atoms with van der Waals surface area (Å²) < 4.78 is 0. The Hall–Kier alpha value is -0.970. The second-order valence-corrected chi connectivity index (χ2v) is 6.18. The van der Waals surface area contributed by atoms with Crippen molar-refractivity contribution in [3.8, 4) is 0 Å². The van der Waals surface area contributed by atoms with Crippen molar-refractivity contribution in [1.82, 2.24) is 4.90 Å². The topological polar surface area (TPSA) is 58.4 Å². The highest BCUT2D eigenvalue weighted by Gasteiger charge is 2.19. The lowest BCUT2D eigenvalue weighted by molar-refractivity contribution is -0.117. The largest absolute Gasteiger partial charge is 0.399 e. The molecule has 6 heteroatoms. The molecule has 0 spiro atoms. The molecule has 1 saturated heterocycles. The molecule has 1 aliphatic rings. The maximum Gasteiger partial charge on any atom is 0.238 e. The SMILES string of the molecule is CC1CCN(CC(=O)Nc2c(Cl)cc(N)cc2Cl)CC1. The van der Waals surface area contributed by atoms with E-state index in [0.717, 1.165) is 31.8 Å². The van der Waals surface area contributed by atoms with Gasteiger partial charge in [-0.3, -0.25) is 9.69 Å². The van der Waals surface area contributed by atoms with Crippen molar-refractivity contribution in [1.29, 1.82) is 0 Å². The number of rotatable bonds is 3. The maximum atomic E-state index is 12.1. The minimum absolute atomic E-state index is 0.104. The highest BCUT2D eigenvalue weighted by atomic mass is 35.5. The fourth-order valence-electron chi connectivity index (χ4n) is 2.31. The summed E-state index contributed by atoms with van der Waals surface area (Å²) in [6, 6.07) is 3.15. The van der Waals surface area contributed by atoms with Crippen LogP contribution in [0.3, 0.4) is 0 Å². The second-order valence-electron chi connectivity index (χ2n) is 5.37. The zero-order valence-corrected chi connectivity index (χ0v) is 13.0. The summed E-state index contributed by atoms with van der Waals surface area (Å²) in [6.45, 7) is 4.52. The molecule has 0 radical (unpaired) electrons. The maximum absolute atomic E-state index is 12.1. The number of benzene rings is 1. The second kappa shape index (κ2) is 6.66. The molecule has 1 aromatic rings. The summed E-state index contributed by atoms with van der Waals surface area (Å²) in [7, 11) is 0. The van der Waals surface area contributed by atoms with Gasteiger partial charge in [0.1, 0.15) is 0 Å². The van der Waals surface area contributed by atoms with Crippen LogP contribution in [0.25, 0.3) is 0 Å². The molecule has 2 rings (SSSR count). The number of likely N-dealkylation sites (tertiary alicyclic amines) is 1. The minimum atomic E-state index is -0.104. The van der Waals surface area contributed by atoms with Crippen LogP contribution in [-0.2, 0) is 4.79 Å². The molecular weight excluding hydrogens is 297 g/mol. The van der Waals surface area contributed by atoms with Gasteiger partial charge in [-0.1, -0.05) is 30.1 Å². The van der Waals surface area contributed by atoms with Gasteiger partial charge in [-0.2, -0.15) is 0 Å². The molecule has 0 aromatic heterocycles. The Balaban J connectivity index is 1.95. The molecule has 0 aliphatic carbocycles. The van der Waals surface area contributed by atoms with Crippen LogP contribution in [0.2, 0.25) is 10.0 Å². The van der Waals surface area contributed by atoms with Crippen molar-refractivity contribution < 1.29 is 4.79 Å². The van der Waals surface area contributed by atoms with Crippen LogP contribution in [0.4, 0.5) is 11.4 Å². The Morgan fingerprint density at radius 3 is 2.45 bits per heavy atom. The molecule has 110 valence electrons. The van der Waals surface area contributed by atoms with E-state index in [1.165, 1.54) is 0 Å². The zero-order valence-electron chi connectivity index (χ0n) is 11.5. The molecule has 4 nitrogen and oxygen atoms in total. The van der Waals surface area contributed by atoms with Crippen molar-refractivity contribution >= 4 is 40.5 Å². The lowest BCUT2D eigenvalue weighted by atomic mass is 9.99. The third-order valence-electron chi connectivity index (χ3n) is 3.57. The molecule has 1 aromatic carbocycles. The van der Waals surface area contributed by atoms with Gasteiger partial charge in [0, 0.05) is 5.69 Å². The number of nitrogens with one attached hydrogen (secondary N) is 1. The molecule has 1 heterocycles. The molecule has 3 N–H and O–H groups in total. The fraction of sp³-hybridized carbons (Fsp3) is 0.500. The van der Waals surface area contributed by atoms with E-state index >= 15 is 0 Å². The monoisotopic (exact) mass is 315 g/mol. The Morgan fingerprint density at radius 1 is 1.35 bits per heavy atom. The fourth-order valence-corrected chi connectivity index (χ4v) is 2.91. The highest BCUT2D eigenvalue weighted by Crippen LogP contribution is 2.32. The van der Waals surface area contributed by atoms with E-state index in [2.05, 4.69) is 17.1 Å². The van der Waals surface area contributed by atoms with E-state index in [1.54, 1.807) is 12.1 Å². The first-order chi connectivity index (χ1) is 9.45. The Morgan fingerprint density at radius 2 is 1.90 bits per heavy atom. The molecule has 0 atom stereocenters. The van der Waals surface area contributed by atoms with E-state index in [-0.39, 0.29) is 5.91 Å². The summed E-state index contributed by atoms with van der Waals surface area (Å²) in [5.74, 6) is 0.642. The van der Waals surface area contributed by atoms with Gasteiger partial charge in [-0.15, -0.1) is 0 Å². The van der Waals surface area contributed by atoms with Crippen LogP contribution in [0, 0.1) is 5.92 Å². The predicted octanol–water partition coefficient (Wildman–Crippen LogP) is 3.25. The molecule has 20 heavy (non-hydrogen) atoms. The van der Waals surface area contributed by atoms with Gasteiger partial charge in [-0.25, -0.2) is 0 Å². The third-order valence-corrected chi connectivity index (χ3v) is 4.17. The molecule has 0 unspecified atom stereocenters. The van der Waals surface area contributed by atoms with Crippen LogP contribution in [0.1, 0.15) is 19.8 Å². The number of carbonyl (C=O) groups is 1. The summed E-state index contributed by atoms with van der Waals surface area (Å²) in [5.41, 5.74) is 6.54. The van der Waals surface area contributed by atoms with Gasteiger partial charge in [0.25, 0.3) is 0 Å². The van der Waals surface area contributed by atoms with Crippen LogP contribution in [-0.4, -0.2) is 30.4 Å². The van der Waals surface area contributed by atoms with E-state index in [9.17, 15) is 4.79 Å². The summed E-state index contributed by atoms with van der Waals surface area (Å²) in [6.07, 6.45) is 2.27. The number of piperidine rings is 1. The van der Waals surface area contributed by atoms with Crippen molar-refractivity contribution in [2.75, 3.05) is 30.7 Å². The number of carbonyl (C=O) groups excluding carboxylic acids is 1. The normalized spacial score (nSPS) is 17.1. The molecule has 0 saturated carbocycles. The highest BCUT2D eigenvalue weighted by molar-refractivity contribution is 6.40. The number of nitrogens with zero attached hydrogens (tertiary/aromatic N) is 1. The van der Waals surface area contributed by atoms with Crippen molar-refractivity contribution in [3.63, 3.8) is 0 Å². The smallest absolute Gasteiger partial charge is 0.238 e. The average Bonchev–Trinajstić information content (AvgIpc) is 2.36. The number of nitrogen functional groups attached to an aromatic ring is 1. The number of hydrogen-bond donors (Lipinski definition) is 2. The number of hydrogen-bond acceptors (Lipinski definition) is 3. The molecule has 1 amide bonds. The molecule has 1 fully saturated rings. The lowest BCUT2D eigenvalue weighted by Crippen LogP contribution is -2.38. The summed E-state index contributed by atoms with van der Waals surface area (Å²) in [5, 5.41) is 3.48. The first-order valence-electron chi connectivity index (χ1n) is 6.72. The molecule has 1 aliphatic heterocycles. The van der Waals surface area contributed by atoms with E-state index in [1.807, 2.05) is 0 Å². The van der Waals surface area contributed by atoms with Gasteiger partial charge in [0.15, 0.2) is 0 Å². The average molecular weight is 316 g/mol. The standard InChI is InChI=1S/C14H19Cl2N3O/c1-9-2-4-19(5-3-9)8-13(20)18-14-11(15)6-10(17)7-12(14)16/h6-7,9H,2-5,8,17H2,1H3,(H,18,20). The number of anilines is 2. The zero-order chi connectivity index (χ0) is 14.7. The quantitative estimate of drug-likeness (QED) is 0.842. The van der Waals surface area contributed by atoms with Crippen LogP contribution >= 0.6 is 23.2 Å². The summed E-state index contributed by atoms with van der Waals surface area (Å²) in [4.78, 5) is 14.2. The van der Waals surface area contributed by atoms with Gasteiger partial charge in [0.05, 0.1) is 22.3 Å². The lowest BCUT2D eigenvalue weighted by Gasteiger charge is -2.29. The van der Waals surface area contributed by atoms with E-state index in [0.29, 0.717) is 28.0 Å². The van der Waals surface area contributed by atoms with Crippen molar-refractivity contribution in [2.24, 2.45) is 5.92 Å².